The number of nitrogens with one attached hydrogen (secondary N) is 1. The zero-order chi connectivity index (χ0) is 17.1. The van der Waals surface area contributed by atoms with Crippen LogP contribution in [-0.4, -0.2) is 30.5 Å². The highest BCUT2D eigenvalue weighted by atomic mass is 32.2. The number of nitrogens with zero attached hydrogens (tertiary/aromatic N) is 3. The van der Waals surface area contributed by atoms with Gasteiger partial charge in [0.2, 0.25) is 11.8 Å². The van der Waals surface area contributed by atoms with Crippen LogP contribution in [0.2, 0.25) is 0 Å². The van der Waals surface area contributed by atoms with Gasteiger partial charge in [0, 0.05) is 0 Å². The van der Waals surface area contributed by atoms with Crippen LogP contribution in [0.5, 0.6) is 5.88 Å². The van der Waals surface area contributed by atoms with Crippen LogP contribution in [0.15, 0.2) is 17.2 Å². The van der Waals surface area contributed by atoms with Crippen molar-refractivity contribution < 1.29 is 13.2 Å². The van der Waals surface area contributed by atoms with E-state index in [4.69, 9.17) is 16.2 Å². The summed E-state index contributed by atoms with van der Waals surface area (Å²) in [4.78, 5) is 12.0. The first-order valence-corrected chi connectivity index (χ1v) is 7.89. The number of rotatable bonds is 5. The largest absolute Gasteiger partial charge is 0.480 e. The van der Waals surface area contributed by atoms with Crippen molar-refractivity contribution in [3.8, 4) is 5.88 Å². The highest BCUT2D eigenvalue weighted by Gasteiger charge is 2.17. The average Bonchev–Trinajstić information content (AvgIpc) is 2.49. The van der Waals surface area contributed by atoms with Gasteiger partial charge < -0.3 is 21.5 Å². The molecule has 2 aromatic heterocycles. The summed E-state index contributed by atoms with van der Waals surface area (Å²) < 4.78 is 27.9. The van der Waals surface area contributed by atoms with Gasteiger partial charge in [0.25, 0.3) is 0 Å². The molecule has 0 unspecified atom stereocenters. The van der Waals surface area contributed by atoms with Gasteiger partial charge in [-0.25, -0.2) is 18.4 Å². The third kappa shape index (κ3) is 3.59. The zero-order valence-electron chi connectivity index (χ0n) is 12.9. The van der Waals surface area contributed by atoms with E-state index in [0.717, 1.165) is 0 Å². The molecule has 0 atom stereocenters. The zero-order valence-corrected chi connectivity index (χ0v) is 13.8. The number of methoxy groups -OCH3 is 1. The second-order valence-electron chi connectivity index (χ2n) is 5.01. The van der Waals surface area contributed by atoms with Crippen molar-refractivity contribution in [3.63, 3.8) is 0 Å². The summed E-state index contributed by atoms with van der Waals surface area (Å²) in [6.07, 6.45) is 1.42. The van der Waals surface area contributed by atoms with Crippen molar-refractivity contribution in [1.29, 1.82) is 0 Å². The van der Waals surface area contributed by atoms with Crippen LogP contribution in [0.25, 0.3) is 0 Å². The highest BCUT2D eigenvalue weighted by molar-refractivity contribution is 7.72. The van der Waals surface area contributed by atoms with E-state index in [2.05, 4.69) is 20.3 Å². The summed E-state index contributed by atoms with van der Waals surface area (Å²) in [6.45, 7) is 3.85. The second kappa shape index (κ2) is 6.65. The van der Waals surface area contributed by atoms with E-state index in [1.54, 1.807) is 0 Å². The minimum absolute atomic E-state index is 0.0147. The monoisotopic (exact) mass is 338 g/mol. The molecule has 23 heavy (non-hydrogen) atoms. The van der Waals surface area contributed by atoms with Gasteiger partial charge in [-0.3, -0.25) is 0 Å². The third-order valence-electron chi connectivity index (χ3n) is 3.04. The highest BCUT2D eigenvalue weighted by Crippen LogP contribution is 2.32. The Kier molecular flexibility index (Phi) is 4.84. The fraction of sp³-hybridized carbons (Fsp3) is 0.308. The van der Waals surface area contributed by atoms with E-state index in [0.29, 0.717) is 17.1 Å². The molecule has 2 aromatic rings. The Bertz CT molecular complexity index is 799. The summed E-state index contributed by atoms with van der Waals surface area (Å²) in [5, 5.41) is 3.00. The van der Waals surface area contributed by atoms with Gasteiger partial charge >= 0.3 is 0 Å². The molecule has 0 amide bonds. The Morgan fingerprint density at radius 2 is 1.91 bits per heavy atom. The van der Waals surface area contributed by atoms with Gasteiger partial charge in [0.1, 0.15) is 10.6 Å². The molecule has 2 rings (SSSR count). The van der Waals surface area contributed by atoms with E-state index < -0.39 is 10.7 Å². The molecule has 2 heterocycles. The maximum atomic E-state index is 11.4. The average molecular weight is 338 g/mol. The maximum absolute atomic E-state index is 11.4. The molecule has 10 heteroatoms. The molecule has 5 N–H and O–H groups in total. The van der Waals surface area contributed by atoms with Gasteiger partial charge in [-0.15, -0.1) is 0 Å². The molecule has 0 saturated heterocycles. The minimum Gasteiger partial charge on any atom is -0.480 e. The summed E-state index contributed by atoms with van der Waals surface area (Å²) in [7, 11) is -1.50. The van der Waals surface area contributed by atoms with Crippen LogP contribution in [0.1, 0.15) is 25.5 Å². The van der Waals surface area contributed by atoms with E-state index in [1.165, 1.54) is 19.4 Å². The molecular weight excluding hydrogens is 320 g/mol. The number of anilines is 4. The van der Waals surface area contributed by atoms with Crippen molar-refractivity contribution >= 4 is 33.8 Å². The van der Waals surface area contributed by atoms with Gasteiger partial charge in [0.05, 0.1) is 24.7 Å². The van der Waals surface area contributed by atoms with Crippen LogP contribution in [0.4, 0.5) is 23.1 Å². The molecule has 124 valence electrons. The molecule has 0 aromatic carbocycles. The number of hydrogen-bond donors (Lipinski definition) is 4. The molecule has 0 aliphatic rings. The van der Waals surface area contributed by atoms with Crippen molar-refractivity contribution in [2.45, 2.75) is 24.7 Å². The van der Waals surface area contributed by atoms with Crippen LogP contribution >= 0.6 is 0 Å². The molecular formula is C13H18N6O3S. The van der Waals surface area contributed by atoms with E-state index >= 15 is 0 Å². The quantitative estimate of drug-likeness (QED) is 0.583. The Balaban J connectivity index is 2.57. The number of pyridine rings is 1. The maximum Gasteiger partial charge on any atom is 0.232 e. The van der Waals surface area contributed by atoms with Gasteiger partial charge in [-0.2, -0.15) is 4.98 Å². The molecule has 0 saturated carbocycles. The van der Waals surface area contributed by atoms with Crippen molar-refractivity contribution in [2.75, 3.05) is 23.9 Å². The number of ether oxygens (including phenoxy) is 1. The Labute approximate surface area is 135 Å². The number of aromatic nitrogens is 3. The number of nitrogens with two attached hydrogens (primary N) is 2. The van der Waals surface area contributed by atoms with Gasteiger partial charge in [0.15, 0.2) is 16.5 Å². The van der Waals surface area contributed by atoms with Crippen molar-refractivity contribution in [1.82, 2.24) is 15.0 Å². The first-order valence-electron chi connectivity index (χ1n) is 6.71. The van der Waals surface area contributed by atoms with E-state index in [1.807, 2.05) is 13.8 Å². The fourth-order valence-corrected chi connectivity index (χ4v) is 2.50. The Morgan fingerprint density at radius 1 is 1.22 bits per heavy atom. The lowest BCUT2D eigenvalue weighted by molar-refractivity contribution is 0.383. The molecule has 0 spiro atoms. The van der Waals surface area contributed by atoms with Crippen LogP contribution in [0.3, 0.4) is 0 Å². The first kappa shape index (κ1) is 16.7. The SMILES string of the molecule is COc1nc(C(C)C)c(Nc2cnc(N)nc2N)cc1[SH](=O)=O. The number of hydrogen-bond acceptors (Lipinski definition) is 9. The van der Waals surface area contributed by atoms with Crippen molar-refractivity contribution in [3.05, 3.63) is 18.0 Å². The predicted molar refractivity (Wildman–Crippen MR) is 87.6 cm³/mol. The van der Waals surface area contributed by atoms with Crippen LogP contribution < -0.4 is 21.5 Å². The lowest BCUT2D eigenvalue weighted by Gasteiger charge is -2.16. The lowest BCUT2D eigenvalue weighted by atomic mass is 10.1. The standard InChI is InChI=1S/C13H18N6O3S/c1-6(2)10-7(4-9(23(20)21)12(18-10)22-3)17-8-5-16-13(15)19-11(8)14/h4-6,17,23H,1-3H3,(H4,14,15,16,19). The number of thiol groups is 1. The molecule has 0 radical (unpaired) electrons. The first-order chi connectivity index (χ1) is 10.8. The lowest BCUT2D eigenvalue weighted by Crippen LogP contribution is -2.08. The molecule has 0 bridgehead atoms. The van der Waals surface area contributed by atoms with Crippen LogP contribution in [-0.2, 0) is 10.7 Å². The van der Waals surface area contributed by atoms with Crippen molar-refractivity contribution in [2.24, 2.45) is 0 Å². The normalized spacial score (nSPS) is 11.0. The molecule has 0 aliphatic carbocycles. The van der Waals surface area contributed by atoms with Gasteiger partial charge in [-0.1, -0.05) is 13.8 Å². The Hall–Kier alpha value is -2.62. The summed E-state index contributed by atoms with van der Waals surface area (Å²) in [6, 6.07) is 1.45. The minimum atomic E-state index is -2.87. The summed E-state index contributed by atoms with van der Waals surface area (Å²) in [5.74, 6) is 0.266. The molecule has 0 fully saturated rings. The Morgan fingerprint density at radius 3 is 2.43 bits per heavy atom. The summed E-state index contributed by atoms with van der Waals surface area (Å²) >= 11 is 0. The number of nitrogen functional groups attached to an aromatic ring is 2. The van der Waals surface area contributed by atoms with E-state index in [9.17, 15) is 8.42 Å². The van der Waals surface area contributed by atoms with Crippen LogP contribution in [0, 0.1) is 0 Å². The molecule has 0 aliphatic heterocycles. The van der Waals surface area contributed by atoms with Gasteiger partial charge in [-0.05, 0) is 12.0 Å². The smallest absolute Gasteiger partial charge is 0.232 e. The third-order valence-corrected chi connectivity index (χ3v) is 3.76. The predicted octanol–water partition coefficient (Wildman–Crippen LogP) is 0.882. The summed E-state index contributed by atoms with van der Waals surface area (Å²) in [5.41, 5.74) is 12.8. The van der Waals surface area contributed by atoms with E-state index in [-0.39, 0.29) is 28.5 Å². The molecule has 9 nitrogen and oxygen atoms in total. The second-order valence-corrected chi connectivity index (χ2v) is 6.01. The topological polar surface area (TPSA) is 146 Å². The fourth-order valence-electron chi connectivity index (χ4n) is 1.97.